The molecule has 0 aliphatic carbocycles. The number of phenolic OH excluding ortho intramolecular Hbond substituents is 1. The molecule has 0 unspecified atom stereocenters. The molecule has 0 aliphatic heterocycles. The number of hydrogen-bond acceptors (Lipinski definition) is 3. The highest BCUT2D eigenvalue weighted by Crippen LogP contribution is 2.42. The lowest BCUT2D eigenvalue weighted by molar-refractivity contribution is -0.139. The van der Waals surface area contributed by atoms with Gasteiger partial charge in [0.1, 0.15) is 0 Å². The van der Waals surface area contributed by atoms with Crippen molar-refractivity contribution >= 4 is 34.4 Å². The van der Waals surface area contributed by atoms with Crippen molar-refractivity contribution in [3.8, 4) is 5.75 Å². The fourth-order valence-corrected chi connectivity index (χ4v) is 4.07. The lowest BCUT2D eigenvalue weighted by atomic mass is 9.80. The van der Waals surface area contributed by atoms with Gasteiger partial charge in [-0.05, 0) is 42.5 Å². The van der Waals surface area contributed by atoms with Crippen LogP contribution in [0.25, 0.3) is 10.9 Å². The molecular weight excluding hydrogens is 428 g/mol. The second kappa shape index (κ2) is 7.96. The number of carbonyl (C=O) groups is 2. The highest BCUT2D eigenvalue weighted by molar-refractivity contribution is 6.31. The number of aromatic nitrogens is 1. The van der Waals surface area contributed by atoms with E-state index >= 15 is 4.39 Å². The summed E-state index contributed by atoms with van der Waals surface area (Å²) in [5.74, 6) is -6.80. The van der Waals surface area contributed by atoms with E-state index in [0.29, 0.717) is 5.02 Å². The molecule has 0 spiro atoms. The van der Waals surface area contributed by atoms with Crippen molar-refractivity contribution in [1.29, 1.82) is 0 Å². The van der Waals surface area contributed by atoms with Crippen LogP contribution >= 0.6 is 11.6 Å². The van der Waals surface area contributed by atoms with Crippen LogP contribution in [0.1, 0.15) is 54.7 Å². The molecule has 0 saturated heterocycles. The Hall–Kier alpha value is -2.93. The minimum atomic E-state index is -1.30. The number of carboxylic acid groups (broad SMARTS) is 1. The van der Waals surface area contributed by atoms with Crippen LogP contribution in [0.4, 0.5) is 8.78 Å². The maximum absolute atomic E-state index is 15.1. The second-order valence-corrected chi connectivity index (χ2v) is 9.16. The number of fused-ring (bicyclic) bond motifs is 1. The Bertz CT molecular complexity index is 1210. The van der Waals surface area contributed by atoms with E-state index in [-0.39, 0.29) is 34.1 Å². The Labute approximate surface area is 182 Å². The second-order valence-electron chi connectivity index (χ2n) is 8.72. The summed E-state index contributed by atoms with van der Waals surface area (Å²) in [5, 5.41) is 19.8. The molecular formula is C23H22ClF2NO4. The topological polar surface area (TPSA) is 79.5 Å². The number of rotatable bonds is 4. The SMILES string of the molecule is Cc1c([C@H](CC(C)(C)C)C(=O)O)c2c(F)c(O)c(F)cc2n1C(=O)c1cccc(Cl)c1. The number of carbonyl (C=O) groups excluding carboxylic acids is 1. The molecule has 0 fully saturated rings. The van der Waals surface area contributed by atoms with Gasteiger partial charge < -0.3 is 10.2 Å². The van der Waals surface area contributed by atoms with E-state index in [1.807, 2.05) is 20.8 Å². The Balaban J connectivity index is 2.41. The van der Waals surface area contributed by atoms with Gasteiger partial charge in [-0.3, -0.25) is 14.2 Å². The van der Waals surface area contributed by atoms with Crippen LogP contribution in [0, 0.1) is 24.0 Å². The van der Waals surface area contributed by atoms with Crippen molar-refractivity contribution in [1.82, 2.24) is 4.57 Å². The van der Waals surface area contributed by atoms with Crippen LogP contribution in [-0.4, -0.2) is 26.7 Å². The van der Waals surface area contributed by atoms with Gasteiger partial charge in [-0.15, -0.1) is 0 Å². The predicted octanol–water partition coefficient (Wildman–Crippen LogP) is 5.88. The summed E-state index contributed by atoms with van der Waals surface area (Å²) in [4.78, 5) is 25.4. The molecule has 8 heteroatoms. The first-order valence-electron chi connectivity index (χ1n) is 9.58. The van der Waals surface area contributed by atoms with E-state index in [1.54, 1.807) is 12.1 Å². The first-order valence-corrected chi connectivity index (χ1v) is 9.96. The highest BCUT2D eigenvalue weighted by atomic mass is 35.5. The van der Waals surface area contributed by atoms with Crippen LogP contribution in [-0.2, 0) is 4.79 Å². The van der Waals surface area contributed by atoms with E-state index in [1.165, 1.54) is 19.1 Å². The Morgan fingerprint density at radius 3 is 2.39 bits per heavy atom. The fraction of sp³-hybridized carbons (Fsp3) is 0.304. The van der Waals surface area contributed by atoms with Gasteiger partial charge in [0.05, 0.1) is 11.4 Å². The largest absolute Gasteiger partial charge is 0.503 e. The molecule has 2 aromatic carbocycles. The third-order valence-electron chi connectivity index (χ3n) is 5.15. The molecule has 1 aromatic heterocycles. The lowest BCUT2D eigenvalue weighted by Gasteiger charge is -2.24. The van der Waals surface area contributed by atoms with Crippen LogP contribution in [0.15, 0.2) is 30.3 Å². The molecule has 3 rings (SSSR count). The Morgan fingerprint density at radius 1 is 1.19 bits per heavy atom. The van der Waals surface area contributed by atoms with E-state index in [0.717, 1.165) is 10.6 Å². The zero-order valence-electron chi connectivity index (χ0n) is 17.5. The van der Waals surface area contributed by atoms with Gasteiger partial charge in [0.2, 0.25) is 0 Å². The van der Waals surface area contributed by atoms with Gasteiger partial charge in [-0.25, -0.2) is 8.78 Å². The smallest absolute Gasteiger partial charge is 0.311 e. The molecule has 0 radical (unpaired) electrons. The van der Waals surface area contributed by atoms with Crippen molar-refractivity contribution in [2.75, 3.05) is 0 Å². The standard InChI is InChI=1S/C23H22ClF2NO4/c1-11-17(14(22(30)31)10-23(2,3)4)18-16(9-15(25)20(28)19(18)26)27(11)21(29)12-6-5-7-13(24)8-12/h5-9,14,28H,10H2,1-4H3,(H,30,31)/t14-/m0/s1. The van der Waals surface area contributed by atoms with E-state index in [9.17, 15) is 24.2 Å². The van der Waals surface area contributed by atoms with Crippen molar-refractivity contribution in [2.45, 2.75) is 40.0 Å². The summed E-state index contributed by atoms with van der Waals surface area (Å²) < 4.78 is 30.4. The van der Waals surface area contributed by atoms with Crippen molar-refractivity contribution in [3.05, 3.63) is 63.8 Å². The number of benzene rings is 2. The summed E-state index contributed by atoms with van der Waals surface area (Å²) >= 11 is 5.98. The van der Waals surface area contributed by atoms with Crippen molar-refractivity contribution in [2.24, 2.45) is 5.41 Å². The third kappa shape index (κ3) is 4.14. The van der Waals surface area contributed by atoms with Crippen LogP contribution in [0.2, 0.25) is 5.02 Å². The average Bonchev–Trinajstić information content (AvgIpc) is 2.94. The summed E-state index contributed by atoms with van der Waals surface area (Å²) in [5.41, 5.74) is -0.262. The van der Waals surface area contributed by atoms with Gasteiger partial charge in [-0.1, -0.05) is 38.4 Å². The number of halogens is 3. The number of phenols is 1. The summed E-state index contributed by atoms with van der Waals surface area (Å²) in [7, 11) is 0. The molecule has 0 aliphatic rings. The summed E-state index contributed by atoms with van der Waals surface area (Å²) in [6.07, 6.45) is 0.130. The molecule has 0 saturated carbocycles. The normalized spacial score (nSPS) is 12.9. The molecule has 0 bridgehead atoms. The minimum Gasteiger partial charge on any atom is -0.503 e. The van der Waals surface area contributed by atoms with Gasteiger partial charge in [0.15, 0.2) is 17.4 Å². The van der Waals surface area contributed by atoms with Gasteiger partial charge in [0, 0.05) is 27.7 Å². The molecule has 31 heavy (non-hydrogen) atoms. The third-order valence-corrected chi connectivity index (χ3v) is 5.38. The summed E-state index contributed by atoms with van der Waals surface area (Å²) in [6.45, 7) is 6.98. The maximum atomic E-state index is 15.1. The fourth-order valence-electron chi connectivity index (χ4n) is 3.87. The predicted molar refractivity (Wildman–Crippen MR) is 114 cm³/mol. The zero-order chi connectivity index (χ0) is 23.2. The zero-order valence-corrected chi connectivity index (χ0v) is 18.2. The van der Waals surface area contributed by atoms with E-state index in [4.69, 9.17) is 11.6 Å². The number of aliphatic carboxylic acids is 1. The molecule has 1 heterocycles. The lowest BCUT2D eigenvalue weighted by Crippen LogP contribution is -2.21. The maximum Gasteiger partial charge on any atom is 0.311 e. The van der Waals surface area contributed by atoms with E-state index < -0.39 is 40.6 Å². The molecule has 3 aromatic rings. The number of hydrogen-bond donors (Lipinski definition) is 2. The molecule has 2 N–H and O–H groups in total. The van der Waals surface area contributed by atoms with E-state index in [2.05, 4.69) is 0 Å². The van der Waals surface area contributed by atoms with Crippen LogP contribution in [0.3, 0.4) is 0 Å². The number of carboxylic acids is 1. The van der Waals surface area contributed by atoms with Crippen LogP contribution in [0.5, 0.6) is 5.75 Å². The number of nitrogens with zero attached hydrogens (tertiary/aromatic N) is 1. The first kappa shape index (κ1) is 22.7. The molecule has 164 valence electrons. The van der Waals surface area contributed by atoms with Gasteiger partial charge in [-0.2, -0.15) is 0 Å². The monoisotopic (exact) mass is 449 g/mol. The Kier molecular flexibility index (Phi) is 5.84. The Morgan fingerprint density at radius 2 is 1.84 bits per heavy atom. The molecule has 5 nitrogen and oxygen atoms in total. The van der Waals surface area contributed by atoms with Crippen molar-refractivity contribution in [3.63, 3.8) is 0 Å². The molecule has 1 atom stereocenters. The highest BCUT2D eigenvalue weighted by Gasteiger charge is 2.35. The van der Waals surface area contributed by atoms with Crippen molar-refractivity contribution < 1.29 is 28.6 Å². The average molecular weight is 450 g/mol. The molecule has 0 amide bonds. The van der Waals surface area contributed by atoms with Gasteiger partial charge in [0.25, 0.3) is 5.91 Å². The first-order chi connectivity index (χ1) is 14.3. The summed E-state index contributed by atoms with van der Waals surface area (Å²) in [6, 6.07) is 6.88. The van der Waals surface area contributed by atoms with Crippen LogP contribution < -0.4 is 0 Å². The van der Waals surface area contributed by atoms with Gasteiger partial charge >= 0.3 is 5.97 Å². The quantitative estimate of drug-likeness (QED) is 0.521. The number of aromatic hydroxyl groups is 1. The minimum absolute atomic E-state index is 0.0283.